The molecule has 1 aromatic heterocycles. The number of nitrogens with zero attached hydrogens (tertiary/aromatic N) is 2. The fourth-order valence-electron chi connectivity index (χ4n) is 2.55. The Kier molecular flexibility index (Phi) is 7.50. The summed E-state index contributed by atoms with van der Waals surface area (Å²) < 4.78 is 17.7. The molecular formula is C19H27N3O3S. The van der Waals surface area contributed by atoms with Crippen LogP contribution in [0, 0.1) is 0 Å². The van der Waals surface area contributed by atoms with E-state index in [2.05, 4.69) is 29.3 Å². The van der Waals surface area contributed by atoms with Crippen molar-refractivity contribution in [3.05, 3.63) is 35.7 Å². The summed E-state index contributed by atoms with van der Waals surface area (Å²) in [6.07, 6.45) is 2.85. The predicted molar refractivity (Wildman–Crippen MR) is 103 cm³/mol. The summed E-state index contributed by atoms with van der Waals surface area (Å²) in [7, 11) is -1.42. The quantitative estimate of drug-likeness (QED) is 0.725. The van der Waals surface area contributed by atoms with Gasteiger partial charge in [-0.25, -0.2) is 0 Å². The summed E-state index contributed by atoms with van der Waals surface area (Å²) in [5.41, 5.74) is 2.08. The minimum atomic E-state index is -1.42. The maximum Gasteiger partial charge on any atom is 0.239 e. The second-order valence-corrected chi connectivity index (χ2v) is 8.19. The highest BCUT2D eigenvalue weighted by Crippen LogP contribution is 2.18. The highest BCUT2D eigenvalue weighted by molar-refractivity contribution is 7.85. The van der Waals surface area contributed by atoms with Crippen molar-refractivity contribution >= 4 is 16.7 Å². The third kappa shape index (κ3) is 5.49. The van der Waals surface area contributed by atoms with E-state index >= 15 is 0 Å². The average molecular weight is 378 g/mol. The molecule has 0 saturated carbocycles. The number of rotatable bonds is 9. The highest BCUT2D eigenvalue weighted by Gasteiger charge is 2.23. The molecule has 0 aliphatic carbocycles. The molecule has 1 amide bonds. The standard InChI is InChI=1S/C19H27N3O3S/c1-5-7-13(3)20-19(23)14(4)26(24)12-17-21-18(22-25-17)16-10-8-15(6-2)9-11-16/h8-11,13-14H,5-7,12H2,1-4H3,(H,20,23). The summed E-state index contributed by atoms with van der Waals surface area (Å²) in [5, 5.41) is 6.21. The van der Waals surface area contributed by atoms with Crippen molar-refractivity contribution in [3.8, 4) is 11.4 Å². The first-order chi connectivity index (χ1) is 12.4. The molecule has 3 atom stereocenters. The van der Waals surface area contributed by atoms with Crippen LogP contribution in [-0.2, 0) is 27.8 Å². The monoisotopic (exact) mass is 377 g/mol. The van der Waals surface area contributed by atoms with Crippen molar-refractivity contribution in [1.82, 2.24) is 15.5 Å². The van der Waals surface area contributed by atoms with E-state index < -0.39 is 16.0 Å². The van der Waals surface area contributed by atoms with E-state index in [4.69, 9.17) is 4.52 Å². The minimum Gasteiger partial charge on any atom is -0.353 e. The fourth-order valence-corrected chi connectivity index (χ4v) is 3.47. The van der Waals surface area contributed by atoms with Crippen LogP contribution in [0.2, 0.25) is 0 Å². The molecule has 2 aromatic rings. The van der Waals surface area contributed by atoms with E-state index in [0.29, 0.717) is 5.82 Å². The fraction of sp³-hybridized carbons (Fsp3) is 0.526. The van der Waals surface area contributed by atoms with Crippen LogP contribution in [-0.4, -0.2) is 31.5 Å². The van der Waals surface area contributed by atoms with Crippen molar-refractivity contribution < 1.29 is 13.5 Å². The van der Waals surface area contributed by atoms with Gasteiger partial charge in [0.25, 0.3) is 0 Å². The van der Waals surface area contributed by atoms with E-state index in [1.165, 1.54) is 5.56 Å². The molecule has 0 radical (unpaired) electrons. The lowest BCUT2D eigenvalue weighted by molar-refractivity contribution is -0.121. The third-order valence-electron chi connectivity index (χ3n) is 4.23. The van der Waals surface area contributed by atoms with Gasteiger partial charge in [0.2, 0.25) is 17.6 Å². The number of amides is 1. The molecule has 142 valence electrons. The van der Waals surface area contributed by atoms with Crippen LogP contribution < -0.4 is 5.32 Å². The number of benzene rings is 1. The van der Waals surface area contributed by atoms with Crippen molar-refractivity contribution in [1.29, 1.82) is 0 Å². The normalized spacial score (nSPS) is 14.6. The third-order valence-corrected chi connectivity index (χ3v) is 5.76. The number of nitrogens with one attached hydrogen (secondary N) is 1. The molecule has 1 heterocycles. The summed E-state index contributed by atoms with van der Waals surface area (Å²) in [6.45, 7) is 7.76. The molecule has 0 aliphatic rings. The number of carbonyl (C=O) groups is 1. The lowest BCUT2D eigenvalue weighted by Crippen LogP contribution is -2.40. The van der Waals surface area contributed by atoms with E-state index in [9.17, 15) is 9.00 Å². The van der Waals surface area contributed by atoms with Crippen LogP contribution in [0.25, 0.3) is 11.4 Å². The largest absolute Gasteiger partial charge is 0.353 e. The lowest BCUT2D eigenvalue weighted by Gasteiger charge is -2.16. The van der Waals surface area contributed by atoms with Crippen molar-refractivity contribution in [2.24, 2.45) is 0 Å². The van der Waals surface area contributed by atoms with Crippen molar-refractivity contribution in [2.75, 3.05) is 0 Å². The minimum absolute atomic E-state index is 0.0663. The molecular weight excluding hydrogens is 350 g/mol. The molecule has 26 heavy (non-hydrogen) atoms. The highest BCUT2D eigenvalue weighted by atomic mass is 32.2. The second kappa shape index (κ2) is 9.62. The van der Waals surface area contributed by atoms with Gasteiger partial charge in [-0.05, 0) is 32.3 Å². The summed E-state index contributed by atoms with van der Waals surface area (Å²) in [5.74, 6) is 0.600. The van der Waals surface area contributed by atoms with Crippen LogP contribution in [0.3, 0.4) is 0 Å². The van der Waals surface area contributed by atoms with Gasteiger partial charge in [-0.2, -0.15) is 4.98 Å². The van der Waals surface area contributed by atoms with Crippen LogP contribution >= 0.6 is 0 Å². The second-order valence-electron chi connectivity index (χ2n) is 6.43. The van der Waals surface area contributed by atoms with Gasteiger partial charge >= 0.3 is 0 Å². The van der Waals surface area contributed by atoms with Gasteiger partial charge in [0.15, 0.2) is 0 Å². The Bertz CT molecular complexity index is 743. The Morgan fingerprint density at radius 2 is 1.92 bits per heavy atom. The van der Waals surface area contributed by atoms with E-state index in [0.717, 1.165) is 24.8 Å². The van der Waals surface area contributed by atoms with Gasteiger partial charge in [-0.3, -0.25) is 9.00 Å². The zero-order valence-corrected chi connectivity index (χ0v) is 16.6. The van der Waals surface area contributed by atoms with Gasteiger partial charge in [0.1, 0.15) is 11.0 Å². The van der Waals surface area contributed by atoms with Crippen molar-refractivity contribution in [3.63, 3.8) is 0 Å². The molecule has 3 unspecified atom stereocenters. The molecule has 6 nitrogen and oxygen atoms in total. The van der Waals surface area contributed by atoms with Crippen LogP contribution in [0.15, 0.2) is 28.8 Å². The van der Waals surface area contributed by atoms with Gasteiger partial charge < -0.3 is 9.84 Å². The first kappa shape index (κ1) is 20.3. The Labute approximate surface area is 157 Å². The zero-order chi connectivity index (χ0) is 19.1. The Morgan fingerprint density at radius 1 is 1.23 bits per heavy atom. The molecule has 0 bridgehead atoms. The van der Waals surface area contributed by atoms with Gasteiger partial charge in [-0.1, -0.05) is 49.7 Å². The van der Waals surface area contributed by atoms with Crippen LogP contribution in [0.1, 0.15) is 52.0 Å². The van der Waals surface area contributed by atoms with Crippen LogP contribution in [0.5, 0.6) is 0 Å². The van der Waals surface area contributed by atoms with E-state index in [1.807, 2.05) is 31.2 Å². The van der Waals surface area contributed by atoms with Gasteiger partial charge in [-0.15, -0.1) is 0 Å². The molecule has 0 fully saturated rings. The molecule has 0 aliphatic heterocycles. The number of hydrogen-bond donors (Lipinski definition) is 1. The number of carbonyl (C=O) groups excluding carboxylic acids is 1. The first-order valence-corrected chi connectivity index (χ1v) is 10.4. The maximum absolute atomic E-state index is 12.4. The van der Waals surface area contributed by atoms with Gasteiger partial charge in [0, 0.05) is 22.4 Å². The lowest BCUT2D eigenvalue weighted by atomic mass is 10.1. The summed E-state index contributed by atoms with van der Waals surface area (Å²) in [6, 6.07) is 8.00. The zero-order valence-electron chi connectivity index (χ0n) is 15.8. The first-order valence-electron chi connectivity index (χ1n) is 9.04. The Balaban J connectivity index is 1.96. The molecule has 0 saturated heterocycles. The predicted octanol–water partition coefficient (Wildman–Crippen LogP) is 3.24. The number of aryl methyl sites for hydroxylation is 1. The summed E-state index contributed by atoms with van der Waals surface area (Å²) >= 11 is 0. The maximum atomic E-state index is 12.4. The molecule has 1 N–H and O–H groups in total. The number of aromatic nitrogens is 2. The Hall–Kier alpha value is -2.02. The van der Waals surface area contributed by atoms with Crippen molar-refractivity contribution in [2.45, 2.75) is 64.0 Å². The van der Waals surface area contributed by atoms with E-state index in [-0.39, 0.29) is 23.6 Å². The molecule has 0 spiro atoms. The molecule has 2 rings (SSSR count). The number of hydrogen-bond acceptors (Lipinski definition) is 5. The van der Waals surface area contributed by atoms with Gasteiger partial charge in [0.05, 0.1) is 0 Å². The molecule has 1 aromatic carbocycles. The van der Waals surface area contributed by atoms with E-state index in [1.54, 1.807) is 6.92 Å². The smallest absolute Gasteiger partial charge is 0.239 e. The molecule has 7 heteroatoms. The Morgan fingerprint density at radius 3 is 2.54 bits per heavy atom. The topological polar surface area (TPSA) is 85.1 Å². The average Bonchev–Trinajstić information content (AvgIpc) is 3.09. The van der Waals surface area contributed by atoms with Crippen LogP contribution in [0.4, 0.5) is 0 Å². The SMILES string of the molecule is CCCC(C)NC(=O)C(C)S(=O)Cc1nc(-c2ccc(CC)cc2)no1. The summed E-state index contributed by atoms with van der Waals surface area (Å²) in [4.78, 5) is 16.5.